The zero-order valence-electron chi connectivity index (χ0n) is 24.3. The summed E-state index contributed by atoms with van der Waals surface area (Å²) in [6.07, 6.45) is 11.1. The first-order chi connectivity index (χ1) is 20.5. The Morgan fingerprint density at radius 1 is 1.07 bits per heavy atom. The number of para-hydroxylation sites is 1. The highest BCUT2D eigenvalue weighted by Gasteiger charge is 2.30. The molecule has 0 amide bonds. The summed E-state index contributed by atoms with van der Waals surface area (Å²) in [5.74, 6) is 0.712. The van der Waals surface area contributed by atoms with Crippen LogP contribution in [0.2, 0.25) is 0 Å². The van der Waals surface area contributed by atoms with Gasteiger partial charge in [-0.2, -0.15) is 5.10 Å². The van der Waals surface area contributed by atoms with E-state index < -0.39 is 0 Å². The van der Waals surface area contributed by atoms with E-state index in [1.165, 1.54) is 24.0 Å². The van der Waals surface area contributed by atoms with Crippen LogP contribution in [0.4, 0.5) is 10.3 Å². The molecule has 5 heterocycles. The van der Waals surface area contributed by atoms with Gasteiger partial charge in [0, 0.05) is 66.9 Å². The molecule has 0 spiro atoms. The molecule has 9 heteroatoms. The van der Waals surface area contributed by atoms with Gasteiger partial charge in [-0.25, -0.2) is 19.0 Å². The van der Waals surface area contributed by atoms with Gasteiger partial charge in [-0.15, -0.1) is 0 Å². The molecule has 2 aliphatic heterocycles. The molecule has 0 atom stereocenters. The molecular formula is C33H37ClFN7. The van der Waals surface area contributed by atoms with Crippen molar-refractivity contribution in [3.8, 4) is 5.69 Å². The summed E-state index contributed by atoms with van der Waals surface area (Å²) in [5, 5.41) is 5.22. The highest BCUT2D eigenvalue weighted by Crippen LogP contribution is 2.37. The van der Waals surface area contributed by atoms with Gasteiger partial charge in [-0.1, -0.05) is 50.2 Å². The normalized spacial score (nSPS) is 15.8. The predicted octanol–water partition coefficient (Wildman–Crippen LogP) is 6.84. The van der Waals surface area contributed by atoms with Gasteiger partial charge < -0.3 is 9.88 Å². The molecule has 1 fully saturated rings. The van der Waals surface area contributed by atoms with E-state index in [0.717, 1.165) is 84.8 Å². The average Bonchev–Trinajstić information content (AvgIpc) is 3.80. The van der Waals surface area contributed by atoms with Gasteiger partial charge in [-0.3, -0.25) is 4.90 Å². The molecule has 42 heavy (non-hydrogen) atoms. The van der Waals surface area contributed by atoms with Crippen LogP contribution in [0.1, 0.15) is 71.6 Å². The number of halogens is 2. The van der Waals surface area contributed by atoms with Crippen molar-refractivity contribution in [2.24, 2.45) is 0 Å². The minimum absolute atomic E-state index is 0.00309. The summed E-state index contributed by atoms with van der Waals surface area (Å²) in [5.41, 5.74) is 9.64. The number of anilines is 1. The molecule has 3 aromatic heterocycles. The monoisotopic (exact) mass is 585 g/mol. The smallest absolute Gasteiger partial charge is 0.225 e. The van der Waals surface area contributed by atoms with E-state index in [1.54, 1.807) is 6.20 Å². The van der Waals surface area contributed by atoms with Crippen LogP contribution >= 0.6 is 11.6 Å². The van der Waals surface area contributed by atoms with Crippen molar-refractivity contribution in [3.63, 3.8) is 0 Å². The number of fused-ring (bicyclic) bond motifs is 1. The summed E-state index contributed by atoms with van der Waals surface area (Å²) in [7, 11) is 0. The SMILES string of the molecule is C=C(c1cc[nH]c1/C(Cl)=C\F)c1c2c(nn1-c1c(CC)cccc1CC)CCN(c1ncc(CN3CCCC3)cn1)C2. The maximum Gasteiger partial charge on any atom is 0.225 e. The van der Waals surface area contributed by atoms with Crippen LogP contribution in [0, 0.1) is 0 Å². The van der Waals surface area contributed by atoms with E-state index in [-0.39, 0.29) is 5.03 Å². The fourth-order valence-electron chi connectivity index (χ4n) is 6.30. The van der Waals surface area contributed by atoms with Crippen LogP contribution in [0.5, 0.6) is 0 Å². The second-order valence-corrected chi connectivity index (χ2v) is 11.5. The number of aromatic amines is 1. The predicted molar refractivity (Wildman–Crippen MR) is 167 cm³/mol. The topological polar surface area (TPSA) is 65.9 Å². The minimum atomic E-state index is 0.00309. The lowest BCUT2D eigenvalue weighted by Gasteiger charge is -2.27. The summed E-state index contributed by atoms with van der Waals surface area (Å²) in [6, 6.07) is 8.33. The lowest BCUT2D eigenvalue weighted by Crippen LogP contribution is -2.32. The quantitative estimate of drug-likeness (QED) is 0.233. The summed E-state index contributed by atoms with van der Waals surface area (Å²) < 4.78 is 15.6. The third kappa shape index (κ3) is 5.29. The molecule has 1 saturated heterocycles. The third-order valence-corrected chi connectivity index (χ3v) is 8.75. The van der Waals surface area contributed by atoms with Crippen molar-refractivity contribution < 1.29 is 4.39 Å². The Kier molecular flexibility index (Phi) is 8.27. The molecule has 0 unspecified atom stereocenters. The number of rotatable bonds is 9. The second-order valence-electron chi connectivity index (χ2n) is 11.1. The summed E-state index contributed by atoms with van der Waals surface area (Å²) in [4.78, 5) is 17.3. The van der Waals surface area contributed by atoms with Crippen LogP contribution < -0.4 is 4.90 Å². The Hall–Kier alpha value is -3.75. The standard InChI is InChI=1S/C33H37ClFN7/c1-4-24-9-8-10-25(5-2)32(24)42-31(22(3)26-11-13-36-30(26)28(34)17-35)27-21-41(16-12-29(27)39-42)33-37-18-23(19-38-33)20-40-14-6-7-15-40/h8-11,13,17-19,36H,3-7,12,14-16,20-21H2,1-2H3/b28-17+. The van der Waals surface area contributed by atoms with E-state index in [2.05, 4.69) is 58.1 Å². The number of nitrogens with one attached hydrogen (secondary N) is 1. The molecule has 4 aromatic rings. The van der Waals surface area contributed by atoms with E-state index in [0.29, 0.717) is 24.5 Å². The first-order valence-electron chi connectivity index (χ1n) is 14.9. The number of nitrogens with zero attached hydrogens (tertiary/aromatic N) is 6. The fraction of sp³-hybridized carbons (Fsp3) is 0.364. The lowest BCUT2D eigenvalue weighted by molar-refractivity contribution is 0.330. The molecule has 0 bridgehead atoms. The molecule has 2 aliphatic rings. The number of aromatic nitrogens is 5. The Morgan fingerprint density at radius 3 is 2.45 bits per heavy atom. The third-order valence-electron chi connectivity index (χ3n) is 8.48. The first-order valence-corrected chi connectivity index (χ1v) is 15.2. The zero-order valence-corrected chi connectivity index (χ0v) is 25.1. The van der Waals surface area contributed by atoms with Crippen LogP contribution in [0.3, 0.4) is 0 Å². The highest BCUT2D eigenvalue weighted by molar-refractivity contribution is 6.48. The van der Waals surface area contributed by atoms with Gasteiger partial charge in [0.15, 0.2) is 0 Å². The molecule has 1 N–H and O–H groups in total. The number of H-pyrrole nitrogens is 1. The van der Waals surface area contributed by atoms with Crippen LogP contribution in [0.25, 0.3) is 16.3 Å². The van der Waals surface area contributed by atoms with Crippen molar-refractivity contribution >= 4 is 28.2 Å². The van der Waals surface area contributed by atoms with Crippen LogP contribution in [-0.2, 0) is 32.4 Å². The van der Waals surface area contributed by atoms with Gasteiger partial charge in [0.05, 0.1) is 27.8 Å². The molecular weight excluding hydrogens is 549 g/mol. The summed E-state index contributed by atoms with van der Waals surface area (Å²) in [6.45, 7) is 13.4. The van der Waals surface area contributed by atoms with Gasteiger partial charge in [0.1, 0.15) is 6.33 Å². The molecule has 0 radical (unpaired) electrons. The van der Waals surface area contributed by atoms with E-state index in [9.17, 15) is 4.39 Å². The van der Waals surface area contributed by atoms with Crippen molar-refractivity contribution in [1.29, 1.82) is 0 Å². The molecule has 7 nitrogen and oxygen atoms in total. The molecule has 218 valence electrons. The van der Waals surface area contributed by atoms with Crippen molar-refractivity contribution in [1.82, 2.24) is 29.6 Å². The second kappa shape index (κ2) is 12.2. The number of aryl methyl sites for hydroxylation is 2. The number of likely N-dealkylation sites (tertiary alicyclic amines) is 1. The fourth-order valence-corrected chi connectivity index (χ4v) is 6.45. The largest absolute Gasteiger partial charge is 0.360 e. The minimum Gasteiger partial charge on any atom is -0.360 e. The first kappa shape index (κ1) is 28.4. The summed E-state index contributed by atoms with van der Waals surface area (Å²) >= 11 is 6.27. The maximum atomic E-state index is 13.5. The Balaban J connectivity index is 1.42. The van der Waals surface area contributed by atoms with Crippen molar-refractivity contribution in [3.05, 3.63) is 101 Å². The molecule has 0 saturated carbocycles. The highest BCUT2D eigenvalue weighted by atomic mass is 35.5. The molecule has 0 aliphatic carbocycles. The average molecular weight is 586 g/mol. The maximum absolute atomic E-state index is 13.5. The van der Waals surface area contributed by atoms with Crippen LogP contribution in [0.15, 0.2) is 55.8 Å². The number of benzene rings is 1. The van der Waals surface area contributed by atoms with Crippen molar-refractivity contribution in [2.45, 2.75) is 59.0 Å². The number of hydrogen-bond donors (Lipinski definition) is 1. The molecule has 6 rings (SSSR count). The lowest BCUT2D eigenvalue weighted by atomic mass is 9.96. The van der Waals surface area contributed by atoms with Crippen LogP contribution in [-0.4, -0.2) is 49.3 Å². The van der Waals surface area contributed by atoms with Crippen molar-refractivity contribution in [2.75, 3.05) is 24.5 Å². The zero-order chi connectivity index (χ0) is 29.2. The van der Waals surface area contributed by atoms with Gasteiger partial charge >= 0.3 is 0 Å². The Bertz CT molecular complexity index is 1590. The van der Waals surface area contributed by atoms with E-state index >= 15 is 0 Å². The molecule has 1 aromatic carbocycles. The Morgan fingerprint density at radius 2 is 1.79 bits per heavy atom. The van der Waals surface area contributed by atoms with Gasteiger partial charge in [-0.05, 0) is 56.0 Å². The van der Waals surface area contributed by atoms with E-state index in [1.807, 2.05) is 18.5 Å². The van der Waals surface area contributed by atoms with E-state index in [4.69, 9.17) is 26.7 Å². The number of hydrogen-bond acceptors (Lipinski definition) is 5. The van der Waals surface area contributed by atoms with Gasteiger partial charge in [0.25, 0.3) is 0 Å². The van der Waals surface area contributed by atoms with Gasteiger partial charge in [0.2, 0.25) is 5.95 Å². The Labute approximate surface area is 251 Å².